The highest BCUT2D eigenvalue weighted by atomic mass is 79.9. The lowest BCUT2D eigenvalue weighted by atomic mass is 10.1. The second-order valence-electron chi connectivity index (χ2n) is 5.02. The van der Waals surface area contributed by atoms with Gasteiger partial charge in [0.1, 0.15) is 5.75 Å². The van der Waals surface area contributed by atoms with E-state index in [2.05, 4.69) is 27.8 Å². The van der Waals surface area contributed by atoms with Gasteiger partial charge in [0.25, 0.3) is 5.56 Å². The number of hydrogen-bond acceptors (Lipinski definition) is 3. The van der Waals surface area contributed by atoms with Crippen LogP contribution in [-0.2, 0) is 6.42 Å². The Morgan fingerprint density at radius 2 is 2.00 bits per heavy atom. The number of nitrogens with zero attached hydrogens (tertiary/aromatic N) is 2. The fraction of sp³-hybridized carbons (Fsp3) is 0.176. The predicted molar refractivity (Wildman–Crippen MR) is 89.8 cm³/mol. The van der Waals surface area contributed by atoms with Crippen LogP contribution in [0.4, 0.5) is 0 Å². The van der Waals surface area contributed by atoms with E-state index < -0.39 is 0 Å². The number of pyridine rings is 1. The number of para-hydroxylation sites is 1. The molecule has 3 aromatic rings. The lowest BCUT2D eigenvalue weighted by Crippen LogP contribution is -2.15. The van der Waals surface area contributed by atoms with Crippen LogP contribution >= 0.6 is 15.9 Å². The summed E-state index contributed by atoms with van der Waals surface area (Å²) in [6.45, 7) is 3.88. The van der Waals surface area contributed by atoms with Gasteiger partial charge >= 0.3 is 0 Å². The summed E-state index contributed by atoms with van der Waals surface area (Å²) in [5.74, 6) is 1.33. The van der Waals surface area contributed by atoms with E-state index in [1.165, 1.54) is 10.5 Å². The molecule has 5 heteroatoms. The molecule has 0 radical (unpaired) electrons. The summed E-state index contributed by atoms with van der Waals surface area (Å²) < 4.78 is 8.30. The third kappa shape index (κ3) is 2.76. The van der Waals surface area contributed by atoms with Crippen LogP contribution < -0.4 is 10.3 Å². The molecule has 0 bridgehead atoms. The van der Waals surface area contributed by atoms with Gasteiger partial charge in [-0.1, -0.05) is 25.1 Å². The molecule has 0 unspecified atom stereocenters. The van der Waals surface area contributed by atoms with Crippen molar-refractivity contribution in [1.82, 2.24) is 9.38 Å². The molecule has 112 valence electrons. The molecule has 2 aromatic heterocycles. The van der Waals surface area contributed by atoms with Gasteiger partial charge in [-0.15, -0.1) is 0 Å². The Kier molecular flexibility index (Phi) is 3.98. The monoisotopic (exact) mass is 358 g/mol. The van der Waals surface area contributed by atoms with Crippen LogP contribution in [0.5, 0.6) is 11.5 Å². The largest absolute Gasteiger partial charge is 0.453 e. The minimum Gasteiger partial charge on any atom is -0.453 e. The Hall–Kier alpha value is -2.14. The average molecular weight is 359 g/mol. The molecule has 2 heterocycles. The fourth-order valence-electron chi connectivity index (χ4n) is 2.34. The van der Waals surface area contributed by atoms with E-state index in [1.807, 2.05) is 30.3 Å². The summed E-state index contributed by atoms with van der Waals surface area (Å²) in [4.78, 5) is 16.6. The highest BCUT2D eigenvalue weighted by Crippen LogP contribution is 2.30. The third-order valence-corrected chi connectivity index (χ3v) is 3.83. The number of hydrogen-bond donors (Lipinski definition) is 0. The first kappa shape index (κ1) is 14.8. The Balaban J connectivity index is 2.20. The Labute approximate surface area is 136 Å². The highest BCUT2D eigenvalue weighted by molar-refractivity contribution is 9.10. The summed E-state index contributed by atoms with van der Waals surface area (Å²) in [5, 5.41) is 0. The van der Waals surface area contributed by atoms with E-state index in [0.717, 1.165) is 22.2 Å². The van der Waals surface area contributed by atoms with E-state index >= 15 is 0 Å². The molecule has 0 saturated heterocycles. The quantitative estimate of drug-likeness (QED) is 0.707. The van der Waals surface area contributed by atoms with Gasteiger partial charge in [0.2, 0.25) is 0 Å². The van der Waals surface area contributed by atoms with Crippen molar-refractivity contribution in [2.45, 2.75) is 20.3 Å². The summed E-state index contributed by atoms with van der Waals surface area (Å²) in [5.41, 5.74) is 2.16. The Morgan fingerprint density at radius 3 is 2.77 bits per heavy atom. The van der Waals surface area contributed by atoms with Gasteiger partial charge in [-0.3, -0.25) is 9.20 Å². The zero-order chi connectivity index (χ0) is 15.7. The van der Waals surface area contributed by atoms with Gasteiger partial charge < -0.3 is 4.74 Å². The van der Waals surface area contributed by atoms with Crippen molar-refractivity contribution in [3.63, 3.8) is 0 Å². The van der Waals surface area contributed by atoms with E-state index in [1.54, 1.807) is 13.1 Å². The summed E-state index contributed by atoms with van der Waals surface area (Å²) in [7, 11) is 0. The second kappa shape index (κ2) is 5.93. The number of halogens is 1. The molecule has 0 amide bonds. The second-order valence-corrected chi connectivity index (χ2v) is 5.93. The maximum Gasteiger partial charge on any atom is 0.258 e. The Bertz CT molecular complexity index is 903. The van der Waals surface area contributed by atoms with Crippen LogP contribution in [0.1, 0.15) is 18.2 Å². The van der Waals surface area contributed by atoms with E-state index in [4.69, 9.17) is 4.74 Å². The zero-order valence-electron chi connectivity index (χ0n) is 12.3. The first-order valence-electron chi connectivity index (χ1n) is 7.04. The number of ether oxygens (including phenoxy) is 1. The Morgan fingerprint density at radius 1 is 1.23 bits per heavy atom. The molecule has 0 aliphatic rings. The minimum absolute atomic E-state index is 0.127. The molecule has 3 rings (SSSR count). The molecular weight excluding hydrogens is 344 g/mol. The van der Waals surface area contributed by atoms with E-state index in [9.17, 15) is 4.79 Å². The molecule has 0 N–H and O–H groups in total. The zero-order valence-corrected chi connectivity index (χ0v) is 13.9. The van der Waals surface area contributed by atoms with Gasteiger partial charge in [0.15, 0.2) is 11.4 Å². The normalized spacial score (nSPS) is 10.9. The van der Waals surface area contributed by atoms with Crippen LogP contribution in [-0.4, -0.2) is 9.38 Å². The van der Waals surface area contributed by atoms with Crippen LogP contribution in [0.25, 0.3) is 5.65 Å². The van der Waals surface area contributed by atoms with Gasteiger partial charge in [-0.2, -0.15) is 0 Å². The molecule has 22 heavy (non-hydrogen) atoms. The van der Waals surface area contributed by atoms with Gasteiger partial charge in [-0.25, -0.2) is 4.98 Å². The number of aryl methyl sites for hydroxylation is 2. The van der Waals surface area contributed by atoms with Crippen LogP contribution in [0, 0.1) is 6.92 Å². The SMILES string of the molecule is CCc1ccccc1Oc1cc(Br)cn2c(=O)cc(C)nc12. The van der Waals surface area contributed by atoms with Crippen molar-refractivity contribution in [2.75, 3.05) is 0 Å². The topological polar surface area (TPSA) is 43.6 Å². The molecular formula is C17H15BrN2O2. The number of rotatable bonds is 3. The van der Waals surface area contributed by atoms with Crippen molar-refractivity contribution in [1.29, 1.82) is 0 Å². The summed E-state index contributed by atoms with van der Waals surface area (Å²) in [6, 6.07) is 11.2. The maximum atomic E-state index is 12.1. The first-order chi connectivity index (χ1) is 10.6. The predicted octanol–water partition coefficient (Wildman–Crippen LogP) is 4.12. The highest BCUT2D eigenvalue weighted by Gasteiger charge is 2.11. The van der Waals surface area contributed by atoms with Gasteiger partial charge in [0, 0.05) is 28.5 Å². The van der Waals surface area contributed by atoms with Crippen molar-refractivity contribution < 1.29 is 4.74 Å². The lowest BCUT2D eigenvalue weighted by Gasteiger charge is -2.12. The first-order valence-corrected chi connectivity index (χ1v) is 7.83. The van der Waals surface area contributed by atoms with Crippen LogP contribution in [0.2, 0.25) is 0 Å². The molecule has 4 nitrogen and oxygen atoms in total. The lowest BCUT2D eigenvalue weighted by molar-refractivity contribution is 0.477. The van der Waals surface area contributed by atoms with E-state index in [-0.39, 0.29) is 5.56 Å². The summed E-state index contributed by atoms with van der Waals surface area (Å²) >= 11 is 3.42. The fourth-order valence-corrected chi connectivity index (χ4v) is 2.76. The molecule has 0 spiro atoms. The molecule has 0 fully saturated rings. The number of benzene rings is 1. The smallest absolute Gasteiger partial charge is 0.258 e. The molecule has 0 aliphatic carbocycles. The van der Waals surface area contributed by atoms with Crippen molar-refractivity contribution in [3.8, 4) is 11.5 Å². The molecule has 0 aliphatic heterocycles. The number of fused-ring (bicyclic) bond motifs is 1. The minimum atomic E-state index is -0.127. The van der Waals surface area contributed by atoms with Gasteiger partial charge in [0.05, 0.1) is 0 Å². The van der Waals surface area contributed by atoms with Crippen molar-refractivity contribution >= 4 is 21.6 Å². The third-order valence-electron chi connectivity index (χ3n) is 3.40. The van der Waals surface area contributed by atoms with Gasteiger partial charge in [-0.05, 0) is 40.9 Å². The molecule has 1 aromatic carbocycles. The summed E-state index contributed by atoms with van der Waals surface area (Å²) in [6.07, 6.45) is 2.57. The number of aromatic nitrogens is 2. The van der Waals surface area contributed by atoms with Crippen LogP contribution in [0.15, 0.2) is 51.9 Å². The average Bonchev–Trinajstić information content (AvgIpc) is 2.49. The van der Waals surface area contributed by atoms with E-state index in [0.29, 0.717) is 17.1 Å². The van der Waals surface area contributed by atoms with Crippen molar-refractivity contribution in [3.05, 3.63) is 68.7 Å². The van der Waals surface area contributed by atoms with Crippen LogP contribution in [0.3, 0.4) is 0 Å². The maximum absolute atomic E-state index is 12.1. The molecule has 0 saturated carbocycles. The van der Waals surface area contributed by atoms with Crippen molar-refractivity contribution in [2.24, 2.45) is 0 Å². The standard InChI is InChI=1S/C17H15BrN2O2/c1-3-12-6-4-5-7-14(12)22-15-9-13(18)10-20-16(21)8-11(2)19-17(15)20/h4-10H,3H2,1-2H3. The molecule has 0 atom stereocenters.